The van der Waals surface area contributed by atoms with Crippen LogP contribution >= 0.6 is 31.7 Å². The molecule has 0 fully saturated rings. The Labute approximate surface area is 135 Å². The van der Waals surface area contributed by atoms with Crippen LogP contribution in [0.4, 0.5) is 0 Å². The van der Waals surface area contributed by atoms with Crippen molar-refractivity contribution in [3.8, 4) is 0 Å². The number of rotatable bonds is 0. The minimum Gasteiger partial charge on any atom is -0.358 e. The van der Waals surface area contributed by atoms with E-state index in [4.69, 9.17) is 0 Å². The predicted octanol–water partition coefficient (Wildman–Crippen LogP) is 4.81. The van der Waals surface area contributed by atoms with Crippen molar-refractivity contribution < 1.29 is 16.8 Å². The van der Waals surface area contributed by atoms with Crippen molar-refractivity contribution in [2.75, 3.05) is 80.0 Å². The first-order valence-electron chi connectivity index (χ1n) is 6.00. The van der Waals surface area contributed by atoms with E-state index in [2.05, 4.69) is 80.0 Å². The Morgan fingerprint density at radius 1 is 0.333 bits per heavy atom. The molecule has 0 saturated heterocycles. The van der Waals surface area contributed by atoms with Crippen molar-refractivity contribution >= 4 is 31.7 Å². The first-order chi connectivity index (χ1) is 6.93. The van der Waals surface area contributed by atoms with E-state index in [1.165, 1.54) is 0 Å². The maximum Gasteiger partial charge on any atom is 0.0461 e. The van der Waals surface area contributed by atoms with Gasteiger partial charge in [-0.2, -0.15) is 0 Å². The summed E-state index contributed by atoms with van der Waals surface area (Å²) in [7, 11) is 0.481. The molecule has 121 valence electrons. The molecule has 0 aliphatic rings. The molecule has 0 N–H and O–H groups in total. The quantitative estimate of drug-likeness (QED) is 0.417. The standard InChI is InChI=1S/4C3H9P.CH3.Co/c4*1-4(2)3;;/h4*1-3H3;1H3;/q;;;;-1;/p+4. The molecule has 0 aromatic rings. The van der Waals surface area contributed by atoms with Gasteiger partial charge in [-0.1, -0.05) is 0 Å². The van der Waals surface area contributed by atoms with Gasteiger partial charge in [0.1, 0.15) is 0 Å². The Bertz CT molecular complexity index is 62.0. The average molecular weight is 382 g/mol. The van der Waals surface area contributed by atoms with Gasteiger partial charge in [-0.25, -0.2) is 0 Å². The second-order valence-electron chi connectivity index (χ2n) is 6.00. The SMILES string of the molecule is C[PH+](C)C.C[PH+](C)C.C[PH+](C)C.C[PH+](C)C.[CH3-].[Co]. The molecule has 0 nitrogen and oxygen atoms in total. The van der Waals surface area contributed by atoms with Crippen molar-refractivity contribution in [2.45, 2.75) is 0 Å². The molecule has 0 aromatic heterocycles. The van der Waals surface area contributed by atoms with Gasteiger partial charge in [0.2, 0.25) is 0 Å². The Morgan fingerprint density at radius 2 is 0.333 bits per heavy atom. The van der Waals surface area contributed by atoms with Gasteiger partial charge in [0.15, 0.2) is 0 Å². The second kappa shape index (κ2) is 31.6. The van der Waals surface area contributed by atoms with Crippen LogP contribution in [0.5, 0.6) is 0 Å². The van der Waals surface area contributed by atoms with Gasteiger partial charge in [-0.15, -0.1) is 0 Å². The van der Waals surface area contributed by atoms with E-state index >= 15 is 0 Å². The van der Waals surface area contributed by atoms with Crippen LogP contribution in [0, 0.1) is 7.43 Å². The van der Waals surface area contributed by atoms with Gasteiger partial charge in [0.05, 0.1) is 0 Å². The third kappa shape index (κ3) is 1090. The van der Waals surface area contributed by atoms with Crippen molar-refractivity contribution in [3.05, 3.63) is 7.43 Å². The second-order valence-corrected chi connectivity index (χ2v) is 18.0. The van der Waals surface area contributed by atoms with Gasteiger partial charge in [-0.05, 0) is 31.7 Å². The predicted molar refractivity (Wildman–Crippen MR) is 111 cm³/mol. The zero-order valence-electron chi connectivity index (χ0n) is 15.3. The summed E-state index contributed by atoms with van der Waals surface area (Å²) >= 11 is 0. The number of hydrogen-bond acceptors (Lipinski definition) is 0. The van der Waals surface area contributed by atoms with E-state index in [1.54, 1.807) is 0 Å². The smallest absolute Gasteiger partial charge is 0.0461 e. The maximum atomic E-state index is 2.27. The molecular weight excluding hydrogens is 339 g/mol. The summed E-state index contributed by atoms with van der Waals surface area (Å²) in [6, 6.07) is 0. The fourth-order valence-electron chi connectivity index (χ4n) is 0. The molecule has 0 aliphatic heterocycles. The molecule has 0 aliphatic carbocycles. The van der Waals surface area contributed by atoms with Crippen LogP contribution in [0.15, 0.2) is 0 Å². The molecule has 0 spiro atoms. The van der Waals surface area contributed by atoms with Crippen molar-refractivity contribution in [3.63, 3.8) is 0 Å². The maximum absolute atomic E-state index is 2.27. The van der Waals surface area contributed by atoms with Crippen LogP contribution in [0.3, 0.4) is 0 Å². The zero-order valence-corrected chi connectivity index (χ0v) is 20.4. The molecule has 0 rings (SSSR count). The van der Waals surface area contributed by atoms with Gasteiger partial charge in [0, 0.05) is 96.8 Å². The summed E-state index contributed by atoms with van der Waals surface area (Å²) in [5.41, 5.74) is 0. The monoisotopic (exact) mass is 382 g/mol. The molecule has 0 aromatic carbocycles. The Morgan fingerprint density at radius 3 is 0.333 bits per heavy atom. The van der Waals surface area contributed by atoms with Gasteiger partial charge >= 0.3 is 0 Å². The topological polar surface area (TPSA) is 0 Å². The summed E-state index contributed by atoms with van der Waals surface area (Å²) in [5, 5.41) is 0. The molecule has 5 heteroatoms. The van der Waals surface area contributed by atoms with E-state index in [-0.39, 0.29) is 55.9 Å². The van der Waals surface area contributed by atoms with E-state index in [0.29, 0.717) is 0 Å². The molecule has 0 atom stereocenters. The largest absolute Gasteiger partial charge is 0.358 e. The molecule has 0 unspecified atom stereocenters. The normalized spacial score (nSPS) is 8.00. The average Bonchev–Trinajstić information content (AvgIpc) is 1.76. The van der Waals surface area contributed by atoms with Gasteiger partial charge in [-0.3, -0.25) is 0 Å². The van der Waals surface area contributed by atoms with Gasteiger partial charge < -0.3 is 7.43 Å². The molecule has 1 radical (unpaired) electrons. The van der Waals surface area contributed by atoms with Crippen LogP contribution in [0.2, 0.25) is 0 Å². The summed E-state index contributed by atoms with van der Waals surface area (Å²) in [4.78, 5) is 0. The zero-order chi connectivity index (χ0) is 14.3. The van der Waals surface area contributed by atoms with Crippen LogP contribution in [-0.4, -0.2) is 80.0 Å². The fourth-order valence-corrected chi connectivity index (χ4v) is 0. The molecule has 0 bridgehead atoms. The van der Waals surface area contributed by atoms with E-state index < -0.39 is 0 Å². The van der Waals surface area contributed by atoms with E-state index in [0.717, 1.165) is 0 Å². The van der Waals surface area contributed by atoms with E-state index in [1.807, 2.05) is 0 Å². The number of hydrogen-bond donors (Lipinski definition) is 0. The van der Waals surface area contributed by atoms with Crippen LogP contribution < -0.4 is 0 Å². The minimum atomic E-state index is 0. The van der Waals surface area contributed by atoms with Crippen LogP contribution in [0.1, 0.15) is 0 Å². The first-order valence-corrected chi connectivity index (χ1v) is 18.0. The third-order valence-electron chi connectivity index (χ3n) is 0. The summed E-state index contributed by atoms with van der Waals surface area (Å²) in [5.74, 6) is 0. The molecule has 0 amide bonds. The fraction of sp³-hybridized carbons (Fsp3) is 0.923. The Hall–Kier alpha value is 2.23. The Balaban J connectivity index is -0.0000000257. The van der Waals surface area contributed by atoms with Gasteiger partial charge in [0.25, 0.3) is 0 Å². The van der Waals surface area contributed by atoms with Crippen molar-refractivity contribution in [2.24, 2.45) is 0 Å². The van der Waals surface area contributed by atoms with Crippen LogP contribution in [0.25, 0.3) is 0 Å². The van der Waals surface area contributed by atoms with E-state index in [9.17, 15) is 0 Å². The summed E-state index contributed by atoms with van der Waals surface area (Å²) in [6.45, 7) is 27.2. The molecule has 18 heavy (non-hydrogen) atoms. The van der Waals surface area contributed by atoms with Crippen LogP contribution in [-0.2, 0) is 16.8 Å². The summed E-state index contributed by atoms with van der Waals surface area (Å²) < 4.78 is 0. The van der Waals surface area contributed by atoms with Crippen molar-refractivity contribution in [1.82, 2.24) is 0 Å². The van der Waals surface area contributed by atoms with Crippen molar-refractivity contribution in [1.29, 1.82) is 0 Å². The molecular formula is C13H43CoP4+3. The Kier molecular flexibility index (Phi) is 64.8. The summed E-state index contributed by atoms with van der Waals surface area (Å²) in [6.07, 6.45) is 0. The molecule has 0 heterocycles. The minimum absolute atomic E-state index is 0. The third-order valence-corrected chi connectivity index (χ3v) is 0. The first kappa shape index (κ1) is 36.9. The molecule has 0 saturated carbocycles.